The van der Waals surface area contributed by atoms with Crippen LogP contribution in [0, 0.1) is 5.82 Å². The maximum atomic E-state index is 14.6. The molecule has 1 saturated heterocycles. The third-order valence-corrected chi connectivity index (χ3v) is 5.77. The molecule has 1 fully saturated rings. The molecule has 5 nitrogen and oxygen atoms in total. The Morgan fingerprint density at radius 1 is 1.28 bits per heavy atom. The zero-order valence-electron chi connectivity index (χ0n) is 16.2. The Labute approximate surface area is 173 Å². The third kappa shape index (κ3) is 4.09. The van der Waals surface area contributed by atoms with Crippen LogP contribution >= 0.6 is 11.6 Å². The number of carbonyl (C=O) groups is 1. The van der Waals surface area contributed by atoms with Crippen molar-refractivity contribution in [3.8, 4) is 5.75 Å². The number of aromatic nitrogens is 1. The second kappa shape index (κ2) is 8.43. The molecule has 0 bridgehead atoms. The van der Waals surface area contributed by atoms with Crippen LogP contribution in [-0.4, -0.2) is 42.5 Å². The lowest BCUT2D eigenvalue weighted by Crippen LogP contribution is -2.37. The number of hydrogen-bond acceptors (Lipinski definition) is 3. The van der Waals surface area contributed by atoms with E-state index in [-0.39, 0.29) is 24.3 Å². The van der Waals surface area contributed by atoms with Crippen LogP contribution in [0.3, 0.4) is 0 Å². The van der Waals surface area contributed by atoms with Crippen LogP contribution in [0.5, 0.6) is 5.75 Å². The van der Waals surface area contributed by atoms with Gasteiger partial charge in [-0.1, -0.05) is 17.7 Å². The molecule has 2 N–H and O–H groups in total. The summed E-state index contributed by atoms with van der Waals surface area (Å²) in [4.78, 5) is 18.1. The summed E-state index contributed by atoms with van der Waals surface area (Å²) in [6.07, 6.45) is 2.11. The fraction of sp³-hybridized carbons (Fsp3) is 0.318. The fourth-order valence-corrected chi connectivity index (χ4v) is 4.23. The predicted octanol–water partition coefficient (Wildman–Crippen LogP) is 4.54. The Kier molecular flexibility index (Phi) is 5.74. The Morgan fingerprint density at radius 2 is 2.07 bits per heavy atom. The molecular weight excluding hydrogens is 393 g/mol. The van der Waals surface area contributed by atoms with Crippen LogP contribution in [0.25, 0.3) is 10.9 Å². The molecule has 1 aliphatic heterocycles. The number of nitrogens with one attached hydrogen (secondary N) is 2. The van der Waals surface area contributed by atoms with Gasteiger partial charge in [-0.3, -0.25) is 9.69 Å². The summed E-state index contributed by atoms with van der Waals surface area (Å²) >= 11 is 6.32. The van der Waals surface area contributed by atoms with Crippen molar-refractivity contribution in [2.24, 2.45) is 0 Å². The minimum atomic E-state index is -0.346. The van der Waals surface area contributed by atoms with E-state index < -0.39 is 0 Å². The number of likely N-dealkylation sites (tertiary alicyclic amines) is 1. The number of fused-ring (bicyclic) bond motifs is 1. The number of benzene rings is 2. The molecule has 1 unspecified atom stereocenters. The lowest BCUT2D eigenvalue weighted by Gasteiger charge is -2.29. The molecule has 152 valence electrons. The molecule has 0 aliphatic carbocycles. The van der Waals surface area contributed by atoms with Crippen molar-refractivity contribution in [3.05, 3.63) is 64.6 Å². The van der Waals surface area contributed by atoms with Gasteiger partial charge in [0.05, 0.1) is 13.2 Å². The van der Waals surface area contributed by atoms with Crippen molar-refractivity contribution in [2.75, 3.05) is 26.7 Å². The van der Waals surface area contributed by atoms with E-state index in [1.165, 1.54) is 6.07 Å². The second-order valence-corrected chi connectivity index (χ2v) is 7.65. The van der Waals surface area contributed by atoms with Gasteiger partial charge in [-0.25, -0.2) is 4.39 Å². The normalized spacial score (nSPS) is 15.6. The van der Waals surface area contributed by atoms with Crippen molar-refractivity contribution in [2.45, 2.75) is 18.9 Å². The molecule has 0 saturated carbocycles. The molecule has 0 radical (unpaired) electrons. The molecule has 0 spiro atoms. The summed E-state index contributed by atoms with van der Waals surface area (Å²) in [6, 6.07) is 11.8. The average Bonchev–Trinajstić information content (AvgIpc) is 3.39. The molecule has 1 aliphatic rings. The summed E-state index contributed by atoms with van der Waals surface area (Å²) < 4.78 is 19.8. The predicted molar refractivity (Wildman–Crippen MR) is 112 cm³/mol. The first-order valence-electron chi connectivity index (χ1n) is 9.69. The number of H-pyrrole nitrogens is 1. The lowest BCUT2D eigenvalue weighted by molar-refractivity contribution is 0.0933. The molecule has 1 amide bonds. The van der Waals surface area contributed by atoms with Crippen molar-refractivity contribution in [3.63, 3.8) is 0 Å². The standard InChI is InChI=1S/C22H23ClFN3O2/c1-29-15-8-7-14-11-19(26-18(14)12-15)22(28)25-13-20(27-9-2-3-10-27)21-16(23)5-4-6-17(21)24/h4-8,11-12,20,26H,2-3,9-10,13H2,1H3,(H,25,28). The number of rotatable bonds is 6. The minimum Gasteiger partial charge on any atom is -0.497 e. The quantitative estimate of drug-likeness (QED) is 0.621. The first-order chi connectivity index (χ1) is 14.1. The van der Waals surface area contributed by atoms with E-state index in [1.54, 1.807) is 25.3 Å². The van der Waals surface area contributed by atoms with Gasteiger partial charge in [0.2, 0.25) is 0 Å². The summed E-state index contributed by atoms with van der Waals surface area (Å²) in [5.74, 6) is 0.132. The van der Waals surface area contributed by atoms with Crippen molar-refractivity contribution < 1.29 is 13.9 Å². The Hall–Kier alpha value is -2.57. The number of ether oxygens (including phenoxy) is 1. The Balaban J connectivity index is 1.55. The van der Waals surface area contributed by atoms with Crippen molar-refractivity contribution in [1.82, 2.24) is 15.2 Å². The molecule has 1 atom stereocenters. The van der Waals surface area contributed by atoms with E-state index >= 15 is 0 Å². The van der Waals surface area contributed by atoms with Gasteiger partial charge < -0.3 is 15.0 Å². The zero-order chi connectivity index (χ0) is 20.4. The van der Waals surface area contributed by atoms with E-state index in [1.807, 2.05) is 18.2 Å². The molecule has 29 heavy (non-hydrogen) atoms. The molecule has 1 aromatic heterocycles. The topological polar surface area (TPSA) is 57.4 Å². The van der Waals surface area contributed by atoms with Gasteiger partial charge in [-0.15, -0.1) is 0 Å². The largest absolute Gasteiger partial charge is 0.497 e. The molecule has 7 heteroatoms. The summed E-state index contributed by atoms with van der Waals surface area (Å²) in [5.41, 5.74) is 1.72. The van der Waals surface area contributed by atoms with Crippen LogP contribution in [0.4, 0.5) is 4.39 Å². The van der Waals surface area contributed by atoms with E-state index in [2.05, 4.69) is 15.2 Å². The summed E-state index contributed by atoms with van der Waals surface area (Å²) in [5, 5.41) is 4.25. The number of carbonyl (C=O) groups excluding carboxylic acids is 1. The van der Waals surface area contributed by atoms with E-state index in [4.69, 9.17) is 16.3 Å². The Morgan fingerprint density at radius 3 is 2.79 bits per heavy atom. The highest BCUT2D eigenvalue weighted by Gasteiger charge is 2.28. The maximum Gasteiger partial charge on any atom is 0.267 e. The number of aromatic amines is 1. The van der Waals surface area contributed by atoms with E-state index in [9.17, 15) is 9.18 Å². The van der Waals surface area contributed by atoms with Gasteiger partial charge in [0.1, 0.15) is 17.3 Å². The highest BCUT2D eigenvalue weighted by atomic mass is 35.5. The first kappa shape index (κ1) is 19.7. The molecular formula is C22H23ClFN3O2. The monoisotopic (exact) mass is 415 g/mol. The molecule has 2 heterocycles. The summed E-state index contributed by atoms with van der Waals surface area (Å²) in [6.45, 7) is 1.99. The first-order valence-corrected chi connectivity index (χ1v) is 10.1. The molecule has 3 aromatic rings. The van der Waals surface area contributed by atoms with Crippen molar-refractivity contribution >= 4 is 28.4 Å². The van der Waals surface area contributed by atoms with Gasteiger partial charge >= 0.3 is 0 Å². The maximum absolute atomic E-state index is 14.6. The molecule has 4 rings (SSSR count). The van der Waals surface area contributed by atoms with Crippen LogP contribution in [0.2, 0.25) is 5.02 Å². The van der Waals surface area contributed by atoms with Gasteiger partial charge in [-0.05, 0) is 56.3 Å². The average molecular weight is 416 g/mol. The second-order valence-electron chi connectivity index (χ2n) is 7.24. The van der Waals surface area contributed by atoms with E-state index in [0.29, 0.717) is 16.3 Å². The van der Waals surface area contributed by atoms with E-state index in [0.717, 1.165) is 42.6 Å². The van der Waals surface area contributed by atoms with Gasteiger partial charge in [0.15, 0.2) is 0 Å². The van der Waals surface area contributed by atoms with Gasteiger partial charge in [-0.2, -0.15) is 0 Å². The van der Waals surface area contributed by atoms with Crippen molar-refractivity contribution in [1.29, 1.82) is 0 Å². The SMILES string of the molecule is COc1ccc2cc(C(=O)NCC(c3c(F)cccc3Cl)N3CCCC3)[nH]c2c1. The fourth-order valence-electron chi connectivity index (χ4n) is 3.94. The highest BCUT2D eigenvalue weighted by Crippen LogP contribution is 2.32. The Bertz CT molecular complexity index is 1010. The smallest absolute Gasteiger partial charge is 0.267 e. The highest BCUT2D eigenvalue weighted by molar-refractivity contribution is 6.31. The van der Waals surface area contributed by atoms with Crippen LogP contribution in [-0.2, 0) is 0 Å². The summed E-state index contributed by atoms with van der Waals surface area (Å²) in [7, 11) is 1.60. The number of amides is 1. The van der Waals surface area contributed by atoms with Crippen LogP contribution < -0.4 is 10.1 Å². The number of nitrogens with zero attached hydrogens (tertiary/aromatic N) is 1. The lowest BCUT2D eigenvalue weighted by atomic mass is 10.0. The number of halogens is 2. The number of methoxy groups -OCH3 is 1. The van der Waals surface area contributed by atoms with Crippen LogP contribution in [0.15, 0.2) is 42.5 Å². The van der Waals surface area contributed by atoms with Gasteiger partial charge in [0.25, 0.3) is 5.91 Å². The van der Waals surface area contributed by atoms with Crippen LogP contribution in [0.1, 0.15) is 34.9 Å². The third-order valence-electron chi connectivity index (χ3n) is 5.44. The zero-order valence-corrected chi connectivity index (χ0v) is 16.9. The van der Waals surface area contributed by atoms with Gasteiger partial charge in [0, 0.05) is 34.1 Å². The molecule has 2 aromatic carbocycles. The number of hydrogen-bond donors (Lipinski definition) is 2. The minimum absolute atomic E-state index is 0.239.